The number of ketones is 1. The summed E-state index contributed by atoms with van der Waals surface area (Å²) in [5, 5.41) is 6.71. The molecule has 1 unspecified atom stereocenters. The molecule has 0 saturated heterocycles. The Kier molecular flexibility index (Phi) is 4.95. The maximum Gasteiger partial charge on any atom is 0.238 e. The largest absolute Gasteiger partial charge is 0.451 e. The Bertz CT molecular complexity index is 900. The zero-order valence-corrected chi connectivity index (χ0v) is 14.2. The van der Waals surface area contributed by atoms with Gasteiger partial charge < -0.3 is 15.1 Å². The molecule has 1 heterocycles. The number of fused-ring (bicyclic) bond motifs is 1. The van der Waals surface area contributed by atoms with E-state index in [9.17, 15) is 9.59 Å². The van der Waals surface area contributed by atoms with Crippen LogP contribution >= 0.6 is 0 Å². The van der Waals surface area contributed by atoms with Gasteiger partial charge in [-0.25, -0.2) is 0 Å². The lowest BCUT2D eigenvalue weighted by atomic mass is 10.1. The van der Waals surface area contributed by atoms with Crippen molar-refractivity contribution >= 4 is 28.3 Å². The van der Waals surface area contributed by atoms with Gasteiger partial charge in [-0.05, 0) is 24.6 Å². The van der Waals surface area contributed by atoms with Crippen molar-refractivity contribution in [3.05, 3.63) is 65.9 Å². The molecule has 2 N–H and O–H groups in total. The van der Waals surface area contributed by atoms with Crippen LogP contribution in [0.3, 0.4) is 0 Å². The van der Waals surface area contributed by atoms with E-state index in [0.29, 0.717) is 11.3 Å². The maximum absolute atomic E-state index is 12.3. The standard InChI is InChI=1S/C20H20N2O3/c1-13(15-8-4-3-5-9-15)21-12-18(24)22-19-16-10-6-7-11-17(16)25-20(19)14(2)23/h3-11,13,21H,12H2,1-2H3,(H,22,24). The third kappa shape index (κ3) is 3.78. The number of nitrogens with one attached hydrogen (secondary N) is 2. The van der Waals surface area contributed by atoms with E-state index in [1.165, 1.54) is 6.92 Å². The highest BCUT2D eigenvalue weighted by Gasteiger charge is 2.19. The summed E-state index contributed by atoms with van der Waals surface area (Å²) in [6.07, 6.45) is 0. The van der Waals surface area contributed by atoms with Crippen LogP contribution in [0.1, 0.15) is 36.0 Å². The molecule has 0 aliphatic rings. The number of anilines is 1. The van der Waals surface area contributed by atoms with Crippen molar-refractivity contribution in [3.8, 4) is 0 Å². The van der Waals surface area contributed by atoms with E-state index in [2.05, 4.69) is 10.6 Å². The van der Waals surface area contributed by atoms with Gasteiger partial charge in [-0.2, -0.15) is 0 Å². The van der Waals surface area contributed by atoms with E-state index in [0.717, 1.165) is 10.9 Å². The van der Waals surface area contributed by atoms with Crippen LogP contribution in [0.15, 0.2) is 59.0 Å². The molecule has 3 rings (SSSR count). The highest BCUT2D eigenvalue weighted by atomic mass is 16.3. The van der Waals surface area contributed by atoms with Gasteiger partial charge in [0.05, 0.1) is 12.2 Å². The minimum atomic E-state index is -0.225. The molecule has 0 aliphatic heterocycles. The normalized spacial score (nSPS) is 12.1. The molecular weight excluding hydrogens is 316 g/mol. The monoisotopic (exact) mass is 336 g/mol. The van der Waals surface area contributed by atoms with Crippen molar-refractivity contribution in [3.63, 3.8) is 0 Å². The minimum absolute atomic E-state index is 0.0420. The summed E-state index contributed by atoms with van der Waals surface area (Å²) in [7, 11) is 0. The van der Waals surface area contributed by atoms with Crippen LogP contribution in [0.2, 0.25) is 0 Å². The smallest absolute Gasteiger partial charge is 0.238 e. The van der Waals surface area contributed by atoms with Gasteiger partial charge in [-0.3, -0.25) is 9.59 Å². The van der Waals surface area contributed by atoms with E-state index >= 15 is 0 Å². The van der Waals surface area contributed by atoms with Gasteiger partial charge in [0, 0.05) is 18.4 Å². The Morgan fingerprint density at radius 2 is 1.72 bits per heavy atom. The number of carbonyl (C=O) groups excluding carboxylic acids is 2. The summed E-state index contributed by atoms with van der Waals surface area (Å²) >= 11 is 0. The van der Waals surface area contributed by atoms with Crippen molar-refractivity contribution in [2.75, 3.05) is 11.9 Å². The highest BCUT2D eigenvalue weighted by Crippen LogP contribution is 2.31. The maximum atomic E-state index is 12.3. The summed E-state index contributed by atoms with van der Waals surface area (Å²) in [6.45, 7) is 3.55. The number of benzene rings is 2. The zero-order chi connectivity index (χ0) is 17.8. The van der Waals surface area contributed by atoms with Gasteiger partial charge in [0.2, 0.25) is 5.91 Å². The lowest BCUT2D eigenvalue weighted by Gasteiger charge is -2.14. The van der Waals surface area contributed by atoms with Crippen molar-refractivity contribution < 1.29 is 14.0 Å². The molecule has 5 heteroatoms. The number of furan rings is 1. The van der Waals surface area contributed by atoms with Gasteiger partial charge in [0.15, 0.2) is 11.5 Å². The molecule has 0 fully saturated rings. The fourth-order valence-electron chi connectivity index (χ4n) is 2.71. The quantitative estimate of drug-likeness (QED) is 0.669. The molecule has 0 spiro atoms. The third-order valence-corrected chi connectivity index (χ3v) is 4.05. The SMILES string of the molecule is CC(=O)c1oc2ccccc2c1NC(=O)CNC(C)c1ccccc1. The number of amides is 1. The van der Waals surface area contributed by atoms with Crippen LogP contribution in [-0.4, -0.2) is 18.2 Å². The first-order valence-corrected chi connectivity index (χ1v) is 8.17. The molecule has 0 saturated carbocycles. The second kappa shape index (κ2) is 7.32. The van der Waals surface area contributed by atoms with Gasteiger partial charge in [0.25, 0.3) is 0 Å². The number of hydrogen-bond acceptors (Lipinski definition) is 4. The summed E-state index contributed by atoms with van der Waals surface area (Å²) in [5.74, 6) is -0.278. The van der Waals surface area contributed by atoms with E-state index < -0.39 is 0 Å². The fraction of sp³-hybridized carbons (Fsp3) is 0.200. The van der Waals surface area contributed by atoms with Crippen LogP contribution < -0.4 is 10.6 Å². The summed E-state index contributed by atoms with van der Waals surface area (Å²) in [4.78, 5) is 24.1. The Morgan fingerprint density at radius 1 is 1.04 bits per heavy atom. The van der Waals surface area contributed by atoms with Crippen LogP contribution in [0.25, 0.3) is 11.0 Å². The fourth-order valence-corrected chi connectivity index (χ4v) is 2.71. The lowest BCUT2D eigenvalue weighted by molar-refractivity contribution is -0.115. The van der Waals surface area contributed by atoms with Crippen LogP contribution in [-0.2, 0) is 4.79 Å². The first-order chi connectivity index (χ1) is 12.1. The Morgan fingerprint density at radius 3 is 2.44 bits per heavy atom. The Labute approximate surface area is 146 Å². The Hall–Kier alpha value is -2.92. The predicted octanol–water partition coefficient (Wildman–Crippen LogP) is 3.92. The summed E-state index contributed by atoms with van der Waals surface area (Å²) < 4.78 is 5.57. The minimum Gasteiger partial charge on any atom is -0.451 e. The molecule has 1 aromatic heterocycles. The van der Waals surface area contributed by atoms with Gasteiger partial charge in [-0.15, -0.1) is 0 Å². The number of carbonyl (C=O) groups is 2. The van der Waals surface area contributed by atoms with Gasteiger partial charge >= 0.3 is 0 Å². The third-order valence-electron chi connectivity index (χ3n) is 4.05. The van der Waals surface area contributed by atoms with Crippen LogP contribution in [0.5, 0.6) is 0 Å². The predicted molar refractivity (Wildman–Crippen MR) is 97.7 cm³/mol. The summed E-state index contributed by atoms with van der Waals surface area (Å²) in [6, 6.07) is 17.2. The number of hydrogen-bond donors (Lipinski definition) is 2. The van der Waals surface area contributed by atoms with Crippen molar-refractivity contribution in [2.24, 2.45) is 0 Å². The molecule has 5 nitrogen and oxygen atoms in total. The summed E-state index contributed by atoms with van der Waals surface area (Å²) in [5.41, 5.74) is 2.12. The average molecular weight is 336 g/mol. The van der Waals surface area contributed by atoms with Crippen molar-refractivity contribution in [1.82, 2.24) is 5.32 Å². The second-order valence-corrected chi connectivity index (χ2v) is 5.92. The first-order valence-electron chi connectivity index (χ1n) is 8.17. The van der Waals surface area contributed by atoms with E-state index in [1.54, 1.807) is 6.07 Å². The molecule has 0 bridgehead atoms. The van der Waals surface area contributed by atoms with Crippen LogP contribution in [0.4, 0.5) is 5.69 Å². The number of rotatable bonds is 6. The molecular formula is C20H20N2O3. The van der Waals surface area contributed by atoms with Gasteiger partial charge in [-0.1, -0.05) is 42.5 Å². The van der Waals surface area contributed by atoms with Crippen molar-refractivity contribution in [2.45, 2.75) is 19.9 Å². The molecule has 2 aromatic carbocycles. The molecule has 128 valence electrons. The zero-order valence-electron chi connectivity index (χ0n) is 14.2. The number of para-hydroxylation sites is 1. The highest BCUT2D eigenvalue weighted by molar-refractivity contribution is 6.11. The van der Waals surface area contributed by atoms with Crippen molar-refractivity contribution in [1.29, 1.82) is 0 Å². The van der Waals surface area contributed by atoms with E-state index in [1.807, 2.05) is 55.5 Å². The molecule has 0 aliphatic carbocycles. The molecule has 0 radical (unpaired) electrons. The lowest BCUT2D eigenvalue weighted by Crippen LogP contribution is -2.30. The Balaban J connectivity index is 1.72. The molecule has 1 atom stereocenters. The van der Waals surface area contributed by atoms with Crippen LogP contribution in [0, 0.1) is 0 Å². The average Bonchev–Trinajstić information content (AvgIpc) is 2.99. The molecule has 1 amide bonds. The van der Waals surface area contributed by atoms with E-state index in [-0.39, 0.29) is 30.0 Å². The molecule has 25 heavy (non-hydrogen) atoms. The van der Waals surface area contributed by atoms with Gasteiger partial charge in [0.1, 0.15) is 5.58 Å². The van der Waals surface area contributed by atoms with E-state index in [4.69, 9.17) is 4.42 Å². The second-order valence-electron chi connectivity index (χ2n) is 5.92. The molecule has 3 aromatic rings. The topological polar surface area (TPSA) is 71.3 Å². The number of Topliss-reactive ketones (excluding diaryl/α,β-unsaturated/α-hetero) is 1. The first kappa shape index (κ1) is 16.9.